The Hall–Kier alpha value is -7.19. The molecule has 0 bridgehead atoms. The quantitative estimate of drug-likeness (QED) is 0.0208. The highest BCUT2D eigenvalue weighted by Crippen LogP contribution is 2.45. The Morgan fingerprint density at radius 2 is 1.08 bits per heavy atom. The number of alkyl carbamates (subject to hydrolysis) is 2. The fourth-order valence-electron chi connectivity index (χ4n) is 10.3. The number of allylic oxidation sites excluding steroid dienone is 2. The highest BCUT2D eigenvalue weighted by molar-refractivity contribution is 14.1. The summed E-state index contributed by atoms with van der Waals surface area (Å²) in [6, 6.07) is 36.1. The van der Waals surface area contributed by atoms with Gasteiger partial charge in [0.25, 0.3) is 0 Å². The van der Waals surface area contributed by atoms with E-state index in [1.807, 2.05) is 95.4 Å². The topological polar surface area (TPSA) is 236 Å². The van der Waals surface area contributed by atoms with Gasteiger partial charge >= 0.3 is 36.2 Å². The number of hydrogen-bond acceptors (Lipinski definition) is 16. The van der Waals surface area contributed by atoms with Gasteiger partial charge in [0.05, 0.1) is 6.61 Å². The molecule has 2 saturated heterocycles. The molecule has 6 unspecified atom stereocenters. The van der Waals surface area contributed by atoms with Crippen molar-refractivity contribution in [2.24, 2.45) is 5.73 Å². The molecule has 1 aliphatic carbocycles. The monoisotopic (exact) mass is 1590 g/mol. The zero-order valence-electron chi connectivity index (χ0n) is 60.8. The first-order valence-electron chi connectivity index (χ1n) is 32.4. The summed E-state index contributed by atoms with van der Waals surface area (Å²) in [6.07, 6.45) is 4.77. The Labute approximate surface area is 605 Å². The first kappa shape index (κ1) is 78.8. The average molecular weight is 1590 g/mol. The lowest BCUT2D eigenvalue weighted by Gasteiger charge is -2.36. The van der Waals surface area contributed by atoms with Crippen molar-refractivity contribution < 1.29 is 73.6 Å². The van der Waals surface area contributed by atoms with Crippen LogP contribution in [0.3, 0.4) is 0 Å². The second kappa shape index (κ2) is 33.6. The van der Waals surface area contributed by atoms with Crippen LogP contribution in [0.25, 0.3) is 11.1 Å². The number of cyclic esters (lactones) is 2. The predicted octanol–water partition coefficient (Wildman–Crippen LogP) is 17.8. The smallest absolute Gasteiger partial charge is 0.513 e. The molecule has 8 rings (SSSR count). The van der Waals surface area contributed by atoms with Crippen LogP contribution >= 0.6 is 45.2 Å². The van der Waals surface area contributed by atoms with Crippen LogP contribution in [0.1, 0.15) is 164 Å². The summed E-state index contributed by atoms with van der Waals surface area (Å²) in [4.78, 5) is 74.6. The third-order valence-electron chi connectivity index (χ3n) is 17.4. The summed E-state index contributed by atoms with van der Waals surface area (Å²) in [5, 5.41) is 5.53. The highest BCUT2D eigenvalue weighted by atomic mass is 127. The number of nitrogens with two attached hydrogens (primary N) is 1. The van der Waals surface area contributed by atoms with E-state index in [4.69, 9.17) is 54.2 Å². The minimum absolute atomic E-state index is 0. The van der Waals surface area contributed by atoms with E-state index in [0.29, 0.717) is 30.1 Å². The van der Waals surface area contributed by atoms with Crippen molar-refractivity contribution in [3.63, 3.8) is 0 Å². The van der Waals surface area contributed by atoms with Crippen LogP contribution in [-0.2, 0) is 42.8 Å². The lowest BCUT2D eigenvalue weighted by Crippen LogP contribution is -2.49. The van der Waals surface area contributed by atoms with Crippen LogP contribution in [0.5, 0.6) is 17.2 Å². The molecule has 526 valence electrons. The lowest BCUT2D eigenvalue weighted by molar-refractivity contribution is -0.146. The standard InChI is InChI=1S/C27H22INO5.C25H39NO5Si.C23H34INO5Si.2H/c28-14-18-13-23(25(29)26(30)33-18)16-9-11-17(12-10-16)34-27(31)32-15-24-21-7-3-1-5-19(21)20-6-2-4-8-22(20)24;1-11-13-20(21(22(27)29-12-2)26-23(28)30-24(3,4)5)18-14-16-19(17-15-18)31-32(9,10)25(6,7)8;1-22(2,3)29-21(27)25-19-18(13-17(14-24)28-20(19)26)15-9-11-16(12-10-15)30-31(7,8)23(4,5)6;;/h1-12,14,23-25H,13,15,29H2;1,14-17,20-21H,12-13H2,2-10H3,(H,26,28);9-12,14,18-19H,13H2,1-8H3,(H,25,27);;/q;;;2*-1/b18-14+;;17-14+;;/i;;;2*1+2. The maximum Gasteiger partial charge on any atom is 0.513 e. The molecule has 97 heavy (non-hydrogen) atoms. The molecular weight excluding hydrogens is 1490 g/mol. The summed E-state index contributed by atoms with van der Waals surface area (Å²) in [5.74, 6) is 3.26. The van der Waals surface area contributed by atoms with Gasteiger partial charge in [0.1, 0.15) is 64.7 Å². The Balaban J connectivity index is 0.000000313. The van der Waals surface area contributed by atoms with Gasteiger partial charge in [-0.2, -0.15) is 0 Å². The molecule has 18 nitrogen and oxygen atoms in total. The van der Waals surface area contributed by atoms with Crippen LogP contribution < -0.4 is 30.0 Å². The van der Waals surface area contributed by atoms with Crippen molar-refractivity contribution in [1.29, 1.82) is 0 Å². The van der Waals surface area contributed by atoms with Gasteiger partial charge < -0.3 is 61.2 Å². The molecule has 2 aliphatic heterocycles. The highest BCUT2D eigenvalue weighted by Gasteiger charge is 2.43. The van der Waals surface area contributed by atoms with Gasteiger partial charge in [0.2, 0.25) is 16.6 Å². The first-order valence-corrected chi connectivity index (χ1v) is 40.7. The van der Waals surface area contributed by atoms with Crippen LogP contribution in [0.4, 0.5) is 14.4 Å². The van der Waals surface area contributed by atoms with Crippen LogP contribution in [0.15, 0.2) is 141 Å². The molecule has 2 amide bonds. The number of benzene rings is 5. The molecule has 2 heterocycles. The van der Waals surface area contributed by atoms with Gasteiger partial charge in [-0.1, -0.05) is 126 Å². The van der Waals surface area contributed by atoms with E-state index >= 15 is 0 Å². The largest absolute Gasteiger partial charge is 1.00 e. The molecule has 0 radical (unpaired) electrons. The van der Waals surface area contributed by atoms with Gasteiger partial charge in [-0.05, 0) is 205 Å². The fraction of sp³-hybridized carbons (Fsp3) is 0.440. The molecule has 22 heteroatoms. The second-order valence-electron chi connectivity index (χ2n) is 29.0. The molecule has 6 atom stereocenters. The van der Waals surface area contributed by atoms with E-state index in [0.717, 1.165) is 39.3 Å². The van der Waals surface area contributed by atoms with E-state index < -0.39 is 88.1 Å². The molecule has 4 N–H and O–H groups in total. The first-order chi connectivity index (χ1) is 45.3. The number of esters is 3. The number of fused-ring (bicyclic) bond motifs is 3. The molecule has 3 aliphatic rings. The van der Waals surface area contributed by atoms with E-state index in [-0.39, 0.29) is 50.3 Å². The molecule has 2 fully saturated rings. The summed E-state index contributed by atoms with van der Waals surface area (Å²) < 4.78 is 53.6. The number of carbonyl (C=O) groups excluding carboxylic acids is 6. The van der Waals surface area contributed by atoms with Crippen LogP contribution in [0.2, 0.25) is 36.3 Å². The van der Waals surface area contributed by atoms with Crippen LogP contribution in [-0.4, -0.2) is 95.4 Å². The van der Waals surface area contributed by atoms with E-state index in [2.05, 4.69) is 131 Å². The SMILES string of the molecule is C#CCC(c1ccc(O[Si](C)(C)C(C)(C)C)cc1)C(NC(=O)OC(C)(C)C)C(=O)OCC.CC(C)(C)OC(=O)NC1C(=O)O/C(=C/I)CC1c1ccc(O[Si](C)(C)C(C)(C)C)cc1.NC1C(=O)O/C(=C/I)CC1c1ccc(OC(=O)OCC2c3ccccc3-c3ccccc32)cc1.[3H-].[3H-]. The zero-order valence-corrected chi connectivity index (χ0v) is 65.1. The fourth-order valence-corrected chi connectivity index (χ4v) is 13.2. The third kappa shape index (κ3) is 22.2. The molecule has 5 aromatic rings. The molecular formula is C75H97I2N3O15Si2-2. The van der Waals surface area contributed by atoms with Gasteiger partial charge in [-0.3, -0.25) is 0 Å². The average Bonchev–Trinajstić information content (AvgIpc) is 1.65. The Morgan fingerprint density at radius 1 is 0.639 bits per heavy atom. The molecule has 5 aromatic carbocycles. The van der Waals surface area contributed by atoms with Crippen molar-refractivity contribution in [2.45, 2.75) is 199 Å². The minimum Gasteiger partial charge on any atom is -1.00 e. The number of halogens is 2. The van der Waals surface area contributed by atoms with Crippen molar-refractivity contribution in [3.05, 3.63) is 169 Å². The maximum atomic E-state index is 12.7. The molecule has 0 aromatic heterocycles. The van der Waals surface area contributed by atoms with Gasteiger partial charge in [-0.15, -0.1) is 12.3 Å². The molecule has 0 saturated carbocycles. The summed E-state index contributed by atoms with van der Waals surface area (Å²) in [5.41, 5.74) is 11.9. The van der Waals surface area contributed by atoms with E-state index in [9.17, 15) is 28.8 Å². The lowest BCUT2D eigenvalue weighted by atomic mass is 9.86. The predicted molar refractivity (Wildman–Crippen MR) is 401 cm³/mol. The molecule has 0 spiro atoms. The normalized spacial score (nSPS) is 18.6. The summed E-state index contributed by atoms with van der Waals surface area (Å²) in [6.45, 7) is 34.6. The Morgan fingerprint density at radius 3 is 1.55 bits per heavy atom. The number of nitrogens with one attached hydrogen (secondary N) is 2. The second-order valence-corrected chi connectivity index (χ2v) is 39.7. The van der Waals surface area contributed by atoms with E-state index in [1.165, 1.54) is 11.1 Å². The van der Waals surface area contributed by atoms with Crippen molar-refractivity contribution in [1.82, 2.24) is 10.6 Å². The minimum atomic E-state index is -1.98. The number of amides is 2. The van der Waals surface area contributed by atoms with Crippen molar-refractivity contribution >= 4 is 98.1 Å². The van der Waals surface area contributed by atoms with Crippen molar-refractivity contribution in [3.8, 4) is 40.7 Å². The van der Waals surface area contributed by atoms with Gasteiger partial charge in [-0.25, -0.2) is 28.8 Å². The Bertz CT molecular complexity index is 3640. The number of terminal acetylenes is 1. The number of rotatable bonds is 16. The Kier molecular flexibility index (Phi) is 27.3. The van der Waals surface area contributed by atoms with E-state index in [1.54, 1.807) is 80.9 Å². The summed E-state index contributed by atoms with van der Waals surface area (Å²) in [7, 11) is -3.93. The number of ether oxygens (including phenoxy) is 7. The third-order valence-corrected chi connectivity index (χ3v) is 27.5. The summed E-state index contributed by atoms with van der Waals surface area (Å²) >= 11 is 4.10. The van der Waals surface area contributed by atoms with Gasteiger partial charge in [0, 0.05) is 51.1 Å². The van der Waals surface area contributed by atoms with Crippen LogP contribution in [0, 0.1) is 12.3 Å². The number of carbonyl (C=O) groups is 6. The zero-order chi connectivity index (χ0) is 72.0. The number of hydrogen-bond donors (Lipinski definition) is 3. The van der Waals surface area contributed by atoms with Crippen molar-refractivity contribution in [2.75, 3.05) is 13.2 Å². The van der Waals surface area contributed by atoms with Gasteiger partial charge in [0.15, 0.2) is 0 Å². The maximum absolute atomic E-state index is 12.7.